The zero-order valence-electron chi connectivity index (χ0n) is 11.2. The molecule has 1 aliphatic carbocycles. The molecule has 2 fully saturated rings. The standard InChI is InChI=1S/C11H22N2O4S2/c1-18(14,15)9-19(16,17)13-6-4-10(5-7-13)8-12-11-2-3-11/h10-12H,2-9H2,1H3. The quantitative estimate of drug-likeness (QED) is 0.733. The maximum atomic E-state index is 11.9. The van der Waals surface area contributed by atoms with Gasteiger partial charge >= 0.3 is 0 Å². The van der Waals surface area contributed by atoms with Crippen LogP contribution in [0.5, 0.6) is 0 Å². The van der Waals surface area contributed by atoms with Gasteiger partial charge in [0.1, 0.15) is 0 Å². The van der Waals surface area contributed by atoms with Gasteiger partial charge in [-0.3, -0.25) is 0 Å². The van der Waals surface area contributed by atoms with Gasteiger partial charge in [-0.2, -0.15) is 0 Å². The summed E-state index contributed by atoms with van der Waals surface area (Å²) >= 11 is 0. The van der Waals surface area contributed by atoms with Gasteiger partial charge in [0.15, 0.2) is 14.9 Å². The van der Waals surface area contributed by atoms with Crippen LogP contribution in [0.15, 0.2) is 0 Å². The number of hydrogen-bond acceptors (Lipinski definition) is 5. The molecule has 0 spiro atoms. The molecular formula is C11H22N2O4S2. The van der Waals surface area contributed by atoms with Crippen molar-refractivity contribution in [1.29, 1.82) is 0 Å². The molecule has 19 heavy (non-hydrogen) atoms. The lowest BCUT2D eigenvalue weighted by atomic mass is 9.98. The maximum absolute atomic E-state index is 11.9. The number of nitrogens with zero attached hydrogens (tertiary/aromatic N) is 1. The largest absolute Gasteiger partial charge is 0.314 e. The smallest absolute Gasteiger partial charge is 0.228 e. The number of rotatable bonds is 6. The van der Waals surface area contributed by atoms with Crippen molar-refractivity contribution in [3.05, 3.63) is 0 Å². The third-order valence-electron chi connectivity index (χ3n) is 3.60. The van der Waals surface area contributed by atoms with Crippen LogP contribution in [0.1, 0.15) is 25.7 Å². The second kappa shape index (κ2) is 5.67. The van der Waals surface area contributed by atoms with Crippen LogP contribution in [0, 0.1) is 5.92 Å². The van der Waals surface area contributed by atoms with Crippen LogP contribution in [0.25, 0.3) is 0 Å². The SMILES string of the molecule is CS(=O)(=O)CS(=O)(=O)N1CCC(CNC2CC2)CC1. The van der Waals surface area contributed by atoms with Crippen LogP contribution < -0.4 is 5.32 Å². The Bertz CT molecular complexity index is 503. The van der Waals surface area contributed by atoms with Crippen molar-refractivity contribution in [3.8, 4) is 0 Å². The average Bonchev–Trinajstić information content (AvgIpc) is 3.07. The topological polar surface area (TPSA) is 83.5 Å². The number of sulfone groups is 1. The molecule has 0 unspecified atom stereocenters. The lowest BCUT2D eigenvalue weighted by Crippen LogP contribution is -2.42. The Morgan fingerprint density at radius 2 is 1.63 bits per heavy atom. The molecule has 112 valence electrons. The summed E-state index contributed by atoms with van der Waals surface area (Å²) in [5.74, 6) is 0.505. The summed E-state index contributed by atoms with van der Waals surface area (Å²) in [5, 5.41) is 2.68. The summed E-state index contributed by atoms with van der Waals surface area (Å²) in [5.41, 5.74) is 0. The fraction of sp³-hybridized carbons (Fsp3) is 1.00. The normalized spacial score (nSPS) is 23.6. The fourth-order valence-electron chi connectivity index (χ4n) is 2.36. The molecule has 1 saturated carbocycles. The minimum absolute atomic E-state index is 0.439. The van der Waals surface area contributed by atoms with Crippen molar-refractivity contribution in [3.63, 3.8) is 0 Å². The van der Waals surface area contributed by atoms with Crippen molar-refractivity contribution in [2.24, 2.45) is 5.92 Å². The summed E-state index contributed by atoms with van der Waals surface area (Å²) in [6, 6.07) is 0.673. The van der Waals surface area contributed by atoms with E-state index >= 15 is 0 Å². The van der Waals surface area contributed by atoms with Gasteiger partial charge in [-0.1, -0.05) is 0 Å². The predicted molar refractivity (Wildman–Crippen MR) is 74.0 cm³/mol. The van der Waals surface area contributed by atoms with E-state index in [2.05, 4.69) is 5.32 Å². The van der Waals surface area contributed by atoms with Gasteiger partial charge in [0.25, 0.3) is 0 Å². The van der Waals surface area contributed by atoms with Gasteiger partial charge in [-0.15, -0.1) is 0 Å². The van der Waals surface area contributed by atoms with Crippen molar-refractivity contribution in [2.45, 2.75) is 31.7 Å². The van der Waals surface area contributed by atoms with Crippen LogP contribution in [0.2, 0.25) is 0 Å². The first-order valence-electron chi connectivity index (χ1n) is 6.65. The molecule has 8 heteroatoms. The molecule has 2 rings (SSSR count). The second-order valence-electron chi connectivity index (χ2n) is 5.68. The van der Waals surface area contributed by atoms with E-state index in [1.807, 2.05) is 0 Å². The van der Waals surface area contributed by atoms with E-state index in [4.69, 9.17) is 0 Å². The Morgan fingerprint density at radius 3 is 2.11 bits per heavy atom. The van der Waals surface area contributed by atoms with E-state index in [9.17, 15) is 16.8 Å². The monoisotopic (exact) mass is 310 g/mol. The Hall–Kier alpha value is -0.180. The molecular weight excluding hydrogens is 288 g/mol. The molecule has 0 aromatic heterocycles. The highest BCUT2D eigenvalue weighted by Gasteiger charge is 2.31. The highest BCUT2D eigenvalue weighted by molar-refractivity contribution is 8.06. The van der Waals surface area contributed by atoms with Gasteiger partial charge < -0.3 is 5.32 Å². The molecule has 1 N–H and O–H groups in total. The molecule has 0 radical (unpaired) electrons. The summed E-state index contributed by atoms with van der Waals surface area (Å²) in [6.07, 6.45) is 5.07. The van der Waals surface area contributed by atoms with Crippen molar-refractivity contribution in [1.82, 2.24) is 9.62 Å². The maximum Gasteiger partial charge on any atom is 0.228 e. The summed E-state index contributed by atoms with van der Waals surface area (Å²) in [4.78, 5) is 0. The number of nitrogens with one attached hydrogen (secondary N) is 1. The first-order valence-corrected chi connectivity index (χ1v) is 10.3. The highest BCUT2D eigenvalue weighted by Crippen LogP contribution is 2.23. The first-order chi connectivity index (χ1) is 8.76. The van der Waals surface area contributed by atoms with E-state index in [0.717, 1.165) is 25.6 Å². The highest BCUT2D eigenvalue weighted by atomic mass is 32.3. The zero-order valence-corrected chi connectivity index (χ0v) is 12.8. The molecule has 0 aromatic carbocycles. The number of sulfonamides is 1. The molecule has 0 atom stereocenters. The van der Waals surface area contributed by atoms with Crippen molar-refractivity contribution >= 4 is 19.9 Å². The Morgan fingerprint density at radius 1 is 1.05 bits per heavy atom. The molecule has 0 bridgehead atoms. The minimum Gasteiger partial charge on any atom is -0.314 e. The van der Waals surface area contributed by atoms with Gasteiger partial charge in [-0.25, -0.2) is 21.1 Å². The average molecular weight is 310 g/mol. The van der Waals surface area contributed by atoms with Crippen molar-refractivity contribution < 1.29 is 16.8 Å². The van der Waals surface area contributed by atoms with Crippen LogP contribution in [-0.4, -0.2) is 58.2 Å². The van der Waals surface area contributed by atoms with Crippen LogP contribution in [-0.2, 0) is 19.9 Å². The first kappa shape index (κ1) is 15.2. The number of hydrogen-bond donors (Lipinski definition) is 1. The van der Waals surface area contributed by atoms with E-state index < -0.39 is 24.9 Å². The van der Waals surface area contributed by atoms with Gasteiger partial charge in [0, 0.05) is 25.4 Å². The third kappa shape index (κ3) is 5.02. The van der Waals surface area contributed by atoms with Crippen LogP contribution in [0.4, 0.5) is 0 Å². The molecule has 1 saturated heterocycles. The summed E-state index contributed by atoms with van der Waals surface area (Å²) in [6.45, 7) is 1.83. The lowest BCUT2D eigenvalue weighted by molar-refractivity contribution is 0.268. The van der Waals surface area contributed by atoms with E-state index in [1.165, 1.54) is 17.1 Å². The van der Waals surface area contributed by atoms with Gasteiger partial charge in [-0.05, 0) is 38.1 Å². The molecule has 0 aromatic rings. The minimum atomic E-state index is -3.66. The summed E-state index contributed by atoms with van der Waals surface area (Å²) < 4.78 is 47.4. The van der Waals surface area contributed by atoms with Gasteiger partial charge in [0.2, 0.25) is 10.0 Å². The zero-order chi connectivity index (χ0) is 14.1. The Kier molecular flexibility index (Phi) is 4.54. The molecule has 0 amide bonds. The number of piperidine rings is 1. The third-order valence-corrected chi connectivity index (χ3v) is 7.66. The molecule has 1 aliphatic heterocycles. The van der Waals surface area contributed by atoms with Crippen molar-refractivity contribution in [2.75, 3.05) is 31.0 Å². The van der Waals surface area contributed by atoms with E-state index in [1.54, 1.807) is 0 Å². The predicted octanol–water partition coefficient (Wildman–Crippen LogP) is -0.218. The molecule has 2 aliphatic rings. The fourth-order valence-corrected chi connectivity index (χ4v) is 5.89. The Balaban J connectivity index is 1.81. The summed E-state index contributed by atoms with van der Waals surface area (Å²) in [7, 11) is -7.16. The van der Waals surface area contributed by atoms with Crippen LogP contribution in [0.3, 0.4) is 0 Å². The van der Waals surface area contributed by atoms with Gasteiger partial charge in [0.05, 0.1) is 0 Å². The van der Waals surface area contributed by atoms with Crippen LogP contribution >= 0.6 is 0 Å². The molecule has 6 nitrogen and oxygen atoms in total. The van der Waals surface area contributed by atoms with E-state index in [0.29, 0.717) is 25.0 Å². The lowest BCUT2D eigenvalue weighted by Gasteiger charge is -2.31. The van der Waals surface area contributed by atoms with E-state index in [-0.39, 0.29) is 0 Å². The Labute approximate surface area is 115 Å². The molecule has 1 heterocycles. The second-order valence-corrected chi connectivity index (χ2v) is 10.2.